The lowest BCUT2D eigenvalue weighted by atomic mass is 10.2. The fourth-order valence-electron chi connectivity index (χ4n) is 1.07. The van der Waals surface area contributed by atoms with Crippen LogP contribution < -0.4 is 4.72 Å². The fourth-order valence-corrected chi connectivity index (χ4v) is 2.69. The Morgan fingerprint density at radius 2 is 1.93 bits per heavy atom. The fraction of sp³-hybridized carbons (Fsp3) is 0.875. The van der Waals surface area contributed by atoms with Crippen LogP contribution in [0.2, 0.25) is 0 Å². The highest BCUT2D eigenvalue weighted by molar-refractivity contribution is 7.89. The van der Waals surface area contributed by atoms with Gasteiger partial charge in [-0.3, -0.25) is 4.79 Å². The second-order valence-electron chi connectivity index (χ2n) is 3.70. The molecule has 0 aromatic heterocycles. The number of sulfonamides is 1. The van der Waals surface area contributed by atoms with E-state index in [0.29, 0.717) is 0 Å². The molecule has 0 fully saturated rings. The Bertz CT molecular complexity index is 298. The van der Waals surface area contributed by atoms with Crippen molar-refractivity contribution in [3.8, 4) is 0 Å². The average molecular weight is 239 g/mol. The van der Waals surface area contributed by atoms with Gasteiger partial charge in [0.2, 0.25) is 10.0 Å². The topological polar surface area (TPSA) is 104 Å². The summed E-state index contributed by atoms with van der Waals surface area (Å²) in [7, 11) is -3.59. The van der Waals surface area contributed by atoms with Gasteiger partial charge in [-0.25, -0.2) is 13.1 Å². The Labute approximate surface area is 89.4 Å². The van der Waals surface area contributed by atoms with E-state index in [0.717, 1.165) is 0 Å². The lowest BCUT2D eigenvalue weighted by Crippen LogP contribution is -2.43. The molecule has 1 atom stereocenters. The number of carbonyl (C=O) groups is 1. The minimum atomic E-state index is -3.59. The molecule has 6 nitrogen and oxygen atoms in total. The van der Waals surface area contributed by atoms with Crippen molar-refractivity contribution >= 4 is 16.0 Å². The van der Waals surface area contributed by atoms with Crippen LogP contribution in [0.5, 0.6) is 0 Å². The maximum absolute atomic E-state index is 11.4. The molecule has 15 heavy (non-hydrogen) atoms. The summed E-state index contributed by atoms with van der Waals surface area (Å²) in [4.78, 5) is 10.6. The number of carboxylic acid groups (broad SMARTS) is 1. The number of hydrogen-bond acceptors (Lipinski definition) is 4. The molecule has 0 heterocycles. The molecule has 0 aliphatic heterocycles. The maximum atomic E-state index is 11.4. The van der Waals surface area contributed by atoms with Gasteiger partial charge in [-0.15, -0.1) is 0 Å². The summed E-state index contributed by atoms with van der Waals surface area (Å²) in [6, 6.07) is -1.25. The van der Waals surface area contributed by atoms with Gasteiger partial charge in [0.15, 0.2) is 0 Å². The zero-order valence-electron chi connectivity index (χ0n) is 8.80. The van der Waals surface area contributed by atoms with Crippen LogP contribution in [0.15, 0.2) is 0 Å². The van der Waals surface area contributed by atoms with E-state index < -0.39 is 22.0 Å². The van der Waals surface area contributed by atoms with E-state index in [4.69, 9.17) is 10.2 Å². The van der Waals surface area contributed by atoms with E-state index >= 15 is 0 Å². The van der Waals surface area contributed by atoms with Crippen LogP contribution in [-0.4, -0.2) is 43.0 Å². The third kappa shape index (κ3) is 6.43. The highest BCUT2D eigenvalue weighted by Crippen LogP contribution is 2.01. The van der Waals surface area contributed by atoms with E-state index in [-0.39, 0.29) is 24.7 Å². The van der Waals surface area contributed by atoms with Crippen LogP contribution in [0.25, 0.3) is 0 Å². The van der Waals surface area contributed by atoms with Crippen LogP contribution >= 0.6 is 0 Å². The van der Waals surface area contributed by atoms with E-state index in [1.54, 1.807) is 13.8 Å². The summed E-state index contributed by atoms with van der Waals surface area (Å²) in [5.74, 6) is -1.48. The Morgan fingerprint density at radius 3 is 2.27 bits per heavy atom. The Kier molecular flexibility index (Phi) is 5.77. The van der Waals surface area contributed by atoms with Crippen molar-refractivity contribution in [1.82, 2.24) is 4.72 Å². The first-order valence-corrected chi connectivity index (χ1v) is 6.27. The van der Waals surface area contributed by atoms with Crippen molar-refractivity contribution in [2.24, 2.45) is 5.92 Å². The van der Waals surface area contributed by atoms with Crippen molar-refractivity contribution < 1.29 is 23.4 Å². The van der Waals surface area contributed by atoms with Gasteiger partial charge in [-0.1, -0.05) is 13.8 Å². The molecule has 0 rings (SSSR count). The van der Waals surface area contributed by atoms with Crippen LogP contribution in [0.4, 0.5) is 0 Å². The first kappa shape index (κ1) is 14.3. The molecule has 0 saturated carbocycles. The van der Waals surface area contributed by atoms with Gasteiger partial charge < -0.3 is 10.2 Å². The molecular formula is C8H17NO5S. The minimum absolute atomic E-state index is 0.0777. The predicted octanol–water partition coefficient (Wildman–Crippen LogP) is -0.603. The van der Waals surface area contributed by atoms with E-state index in [1.807, 2.05) is 4.72 Å². The molecule has 0 aromatic rings. The second-order valence-corrected chi connectivity index (χ2v) is 5.49. The van der Waals surface area contributed by atoms with Gasteiger partial charge in [-0.2, -0.15) is 0 Å². The highest BCUT2D eigenvalue weighted by atomic mass is 32.2. The van der Waals surface area contributed by atoms with Crippen LogP contribution in [0.1, 0.15) is 20.3 Å². The van der Waals surface area contributed by atoms with Crippen LogP contribution in [-0.2, 0) is 14.8 Å². The quantitative estimate of drug-likeness (QED) is 0.550. The van der Waals surface area contributed by atoms with Gasteiger partial charge in [-0.05, 0) is 12.3 Å². The maximum Gasteiger partial charge on any atom is 0.321 e. The summed E-state index contributed by atoms with van der Waals surface area (Å²) in [6.45, 7) is 3.07. The van der Waals surface area contributed by atoms with Gasteiger partial charge in [0.05, 0.1) is 5.75 Å². The molecule has 0 amide bonds. The molecule has 0 radical (unpaired) electrons. The smallest absolute Gasteiger partial charge is 0.321 e. The molecule has 7 heteroatoms. The average Bonchev–Trinajstić information content (AvgIpc) is 2.00. The van der Waals surface area contributed by atoms with Crippen molar-refractivity contribution in [1.29, 1.82) is 0 Å². The molecule has 0 aliphatic rings. The molecule has 0 aliphatic carbocycles. The van der Waals surface area contributed by atoms with Crippen LogP contribution in [0.3, 0.4) is 0 Å². The van der Waals surface area contributed by atoms with Crippen molar-refractivity contribution in [3.05, 3.63) is 0 Å². The number of rotatable bonds is 7. The number of hydrogen-bond donors (Lipinski definition) is 3. The molecule has 0 aromatic carbocycles. The largest absolute Gasteiger partial charge is 0.480 e. The zero-order chi connectivity index (χ0) is 12.1. The number of aliphatic hydroxyl groups excluding tert-OH is 1. The SMILES string of the molecule is CC(C)CS(=O)(=O)N[C@H](CCO)C(=O)O. The number of nitrogens with one attached hydrogen (secondary N) is 1. The number of aliphatic hydroxyl groups is 1. The monoisotopic (exact) mass is 239 g/mol. The second kappa shape index (κ2) is 6.04. The predicted molar refractivity (Wildman–Crippen MR) is 54.9 cm³/mol. The Balaban J connectivity index is 4.45. The molecular weight excluding hydrogens is 222 g/mol. The molecule has 0 saturated heterocycles. The van der Waals surface area contributed by atoms with Gasteiger partial charge in [0.25, 0.3) is 0 Å². The van der Waals surface area contributed by atoms with Gasteiger partial charge >= 0.3 is 5.97 Å². The third-order valence-corrected chi connectivity index (χ3v) is 3.34. The summed E-state index contributed by atoms with van der Waals surface area (Å²) in [6.07, 6.45) is -0.132. The Morgan fingerprint density at radius 1 is 1.40 bits per heavy atom. The van der Waals surface area contributed by atoms with Crippen LogP contribution in [0, 0.1) is 5.92 Å². The molecule has 0 unspecified atom stereocenters. The molecule has 3 N–H and O–H groups in total. The lowest BCUT2D eigenvalue weighted by Gasteiger charge is -2.14. The standard InChI is InChI=1S/C8H17NO5S/c1-6(2)5-15(13,14)9-7(3-4-10)8(11)12/h6-7,9-10H,3-5H2,1-2H3,(H,11,12)/t7-/m1/s1. The van der Waals surface area contributed by atoms with Crippen molar-refractivity contribution in [2.75, 3.05) is 12.4 Å². The molecule has 0 bridgehead atoms. The summed E-state index contributed by atoms with van der Waals surface area (Å²) < 4.78 is 24.8. The zero-order valence-corrected chi connectivity index (χ0v) is 9.62. The normalized spacial score (nSPS) is 14.1. The van der Waals surface area contributed by atoms with E-state index in [9.17, 15) is 13.2 Å². The summed E-state index contributed by atoms with van der Waals surface area (Å²) >= 11 is 0. The first-order valence-electron chi connectivity index (χ1n) is 4.62. The number of aliphatic carboxylic acids is 1. The van der Waals surface area contributed by atoms with Gasteiger partial charge in [0.1, 0.15) is 6.04 Å². The van der Waals surface area contributed by atoms with Crippen molar-refractivity contribution in [3.63, 3.8) is 0 Å². The van der Waals surface area contributed by atoms with E-state index in [2.05, 4.69) is 0 Å². The Hall–Kier alpha value is -0.660. The summed E-state index contributed by atoms with van der Waals surface area (Å²) in [5.41, 5.74) is 0. The molecule has 0 spiro atoms. The number of carboxylic acids is 1. The van der Waals surface area contributed by atoms with Crippen molar-refractivity contribution in [2.45, 2.75) is 26.3 Å². The minimum Gasteiger partial charge on any atom is -0.480 e. The highest BCUT2D eigenvalue weighted by Gasteiger charge is 2.23. The van der Waals surface area contributed by atoms with Gasteiger partial charge in [0, 0.05) is 6.61 Å². The first-order chi connectivity index (χ1) is 6.78. The summed E-state index contributed by atoms with van der Waals surface area (Å²) in [5, 5.41) is 17.2. The third-order valence-electron chi connectivity index (χ3n) is 1.59. The van der Waals surface area contributed by atoms with E-state index in [1.165, 1.54) is 0 Å². The molecule has 90 valence electrons. The lowest BCUT2D eigenvalue weighted by molar-refractivity contribution is -0.139.